The molecule has 2 aromatic rings. The van der Waals surface area contributed by atoms with Crippen LogP contribution in [-0.4, -0.2) is 45.9 Å². The average Bonchev–Trinajstić information content (AvgIpc) is 3.20. The number of rotatable bonds is 7. The molecule has 7 nitrogen and oxygen atoms in total. The third-order valence-corrected chi connectivity index (χ3v) is 6.21. The Bertz CT molecular complexity index is 1080. The van der Waals surface area contributed by atoms with E-state index in [0.29, 0.717) is 17.7 Å². The van der Waals surface area contributed by atoms with Gasteiger partial charge in [-0.15, -0.1) is 13.2 Å². The number of benzene rings is 1. The highest BCUT2D eigenvalue weighted by molar-refractivity contribution is 6.30. The first-order valence-electron chi connectivity index (χ1n) is 10.6. The Morgan fingerprint density at radius 3 is 2.79 bits per heavy atom. The molecule has 0 spiro atoms. The molecule has 0 bridgehead atoms. The van der Waals surface area contributed by atoms with Gasteiger partial charge in [-0.1, -0.05) is 18.2 Å². The van der Waals surface area contributed by atoms with Crippen LogP contribution in [0.2, 0.25) is 5.02 Å². The minimum absolute atomic E-state index is 0.00923. The van der Waals surface area contributed by atoms with Crippen LogP contribution in [0.3, 0.4) is 0 Å². The highest BCUT2D eigenvalue weighted by atomic mass is 35.5. The molecule has 1 aromatic carbocycles. The Hall–Kier alpha value is -2.63. The highest BCUT2D eigenvalue weighted by Gasteiger charge is 2.41. The standard InChI is InChI=1S/C22H22ClF4N3O4/c1-11(30-10-13(9-29-30)12-4-14(5-12)34-22(25,26)27)2-3-28-21(32)20-8-18(31)15-6-16(23)17(24)7-19(15)33-20/h6-7,9-10,12,14,18,20,31H,1-5,8H2,(H,28,32)/t12-,14+,18-,20-/m1/s1. The lowest BCUT2D eigenvalue weighted by Gasteiger charge is -2.34. The molecule has 1 aliphatic heterocycles. The lowest BCUT2D eigenvalue weighted by Crippen LogP contribution is -2.41. The van der Waals surface area contributed by atoms with E-state index in [4.69, 9.17) is 16.3 Å². The van der Waals surface area contributed by atoms with Gasteiger partial charge in [-0.2, -0.15) is 5.10 Å². The third kappa shape index (κ3) is 5.53. The third-order valence-electron chi connectivity index (χ3n) is 5.92. The number of hydrogen-bond donors (Lipinski definition) is 2. The number of carbonyl (C=O) groups is 1. The molecule has 184 valence electrons. The second-order valence-electron chi connectivity index (χ2n) is 8.34. The molecule has 0 unspecified atom stereocenters. The number of alkyl halides is 3. The smallest absolute Gasteiger partial charge is 0.480 e. The van der Waals surface area contributed by atoms with E-state index in [1.165, 1.54) is 10.7 Å². The van der Waals surface area contributed by atoms with Crippen molar-refractivity contribution in [2.75, 3.05) is 6.54 Å². The highest BCUT2D eigenvalue weighted by Crippen LogP contribution is 2.41. The van der Waals surface area contributed by atoms with Gasteiger partial charge in [-0.3, -0.25) is 9.53 Å². The summed E-state index contributed by atoms with van der Waals surface area (Å²) in [4.78, 5) is 12.5. The fourth-order valence-electron chi connectivity index (χ4n) is 4.00. The molecule has 0 saturated heterocycles. The number of nitrogens with one attached hydrogen (secondary N) is 1. The van der Waals surface area contributed by atoms with Crippen LogP contribution in [0.5, 0.6) is 5.75 Å². The Morgan fingerprint density at radius 2 is 2.09 bits per heavy atom. The van der Waals surface area contributed by atoms with Gasteiger partial charge in [0.05, 0.1) is 23.4 Å². The van der Waals surface area contributed by atoms with Crippen molar-refractivity contribution in [3.8, 4) is 5.75 Å². The van der Waals surface area contributed by atoms with E-state index < -0.39 is 36.4 Å². The lowest BCUT2D eigenvalue weighted by molar-refractivity contribution is -0.351. The molecule has 0 radical (unpaired) electrons. The van der Waals surface area contributed by atoms with Crippen molar-refractivity contribution in [1.29, 1.82) is 0 Å². The summed E-state index contributed by atoms with van der Waals surface area (Å²) in [5.74, 6) is -1.19. The molecule has 2 heterocycles. The molecular weight excluding hydrogens is 482 g/mol. The number of halogens is 5. The van der Waals surface area contributed by atoms with Crippen molar-refractivity contribution in [2.45, 2.75) is 56.3 Å². The zero-order valence-electron chi connectivity index (χ0n) is 17.8. The molecular formula is C22H22ClF4N3O4. The summed E-state index contributed by atoms with van der Waals surface area (Å²) in [6, 6.07) is 2.32. The first-order chi connectivity index (χ1) is 16.0. The number of amides is 1. The number of nitrogens with zero attached hydrogens (tertiary/aromatic N) is 2. The number of aliphatic hydroxyl groups is 1. The van der Waals surface area contributed by atoms with E-state index in [2.05, 4.69) is 21.7 Å². The number of carbonyl (C=O) groups excluding carboxylic acids is 1. The van der Waals surface area contributed by atoms with Gasteiger partial charge in [0.1, 0.15) is 11.6 Å². The zero-order chi connectivity index (χ0) is 24.6. The molecule has 1 fully saturated rings. The van der Waals surface area contributed by atoms with Gasteiger partial charge in [-0.05, 0) is 30.4 Å². The number of hydrogen-bond acceptors (Lipinski definition) is 5. The van der Waals surface area contributed by atoms with E-state index >= 15 is 0 Å². The molecule has 2 aliphatic rings. The molecule has 34 heavy (non-hydrogen) atoms. The molecule has 2 N–H and O–H groups in total. The molecule has 2 atom stereocenters. The van der Waals surface area contributed by atoms with Gasteiger partial charge in [0.15, 0.2) is 6.10 Å². The lowest BCUT2D eigenvalue weighted by atomic mass is 9.79. The van der Waals surface area contributed by atoms with Crippen LogP contribution < -0.4 is 10.1 Å². The summed E-state index contributed by atoms with van der Waals surface area (Å²) >= 11 is 5.74. The quantitative estimate of drug-likeness (QED) is 0.550. The van der Waals surface area contributed by atoms with E-state index in [9.17, 15) is 27.5 Å². The summed E-state index contributed by atoms with van der Waals surface area (Å²) in [6.07, 6.45) is -3.35. The molecule has 1 amide bonds. The fourth-order valence-corrected chi connectivity index (χ4v) is 4.17. The van der Waals surface area contributed by atoms with Gasteiger partial charge in [0.25, 0.3) is 5.91 Å². The maximum Gasteiger partial charge on any atom is 0.522 e. The first kappa shape index (κ1) is 24.5. The second-order valence-corrected chi connectivity index (χ2v) is 8.75. The van der Waals surface area contributed by atoms with Gasteiger partial charge in [-0.25, -0.2) is 9.07 Å². The van der Waals surface area contributed by atoms with Crippen molar-refractivity contribution >= 4 is 23.2 Å². The van der Waals surface area contributed by atoms with Crippen LogP contribution >= 0.6 is 11.6 Å². The zero-order valence-corrected chi connectivity index (χ0v) is 18.6. The molecule has 12 heteroatoms. The molecule has 1 saturated carbocycles. The Morgan fingerprint density at radius 1 is 1.35 bits per heavy atom. The van der Waals surface area contributed by atoms with Gasteiger partial charge >= 0.3 is 6.36 Å². The van der Waals surface area contributed by atoms with E-state index in [0.717, 1.165) is 11.6 Å². The van der Waals surface area contributed by atoms with Crippen LogP contribution in [0.1, 0.15) is 48.8 Å². The minimum Gasteiger partial charge on any atom is -0.480 e. The maximum atomic E-state index is 13.7. The minimum atomic E-state index is -4.63. The van der Waals surface area contributed by atoms with Gasteiger partial charge in [0, 0.05) is 42.9 Å². The predicted octanol–water partition coefficient (Wildman–Crippen LogP) is 4.32. The SMILES string of the molecule is C=C(CCNC(=O)[C@H]1C[C@@H](O)c2cc(Cl)c(F)cc2O1)n1cc([C@H]2C[C@@H](OC(F)(F)F)C2)cn1. The van der Waals surface area contributed by atoms with Crippen LogP contribution in [-0.2, 0) is 9.53 Å². The molecule has 1 aromatic heterocycles. The first-order valence-corrected chi connectivity index (χ1v) is 11.0. The van der Waals surface area contributed by atoms with Crippen LogP contribution in [0.25, 0.3) is 5.70 Å². The summed E-state index contributed by atoms with van der Waals surface area (Å²) in [5, 5.41) is 17.0. The Labute approximate surface area is 197 Å². The van der Waals surface area contributed by atoms with Crippen LogP contribution in [0.4, 0.5) is 17.6 Å². The monoisotopic (exact) mass is 503 g/mol. The number of aromatic nitrogens is 2. The van der Waals surface area contributed by atoms with E-state index in [1.54, 1.807) is 12.4 Å². The largest absolute Gasteiger partial charge is 0.522 e. The number of fused-ring (bicyclic) bond motifs is 1. The van der Waals surface area contributed by atoms with Crippen LogP contribution in [0.15, 0.2) is 31.1 Å². The van der Waals surface area contributed by atoms with Crippen LogP contribution in [0, 0.1) is 5.82 Å². The summed E-state index contributed by atoms with van der Waals surface area (Å²) in [6.45, 7) is 4.13. The normalized spacial score (nSPS) is 24.1. The Balaban J connectivity index is 1.24. The average molecular weight is 504 g/mol. The predicted molar refractivity (Wildman–Crippen MR) is 113 cm³/mol. The van der Waals surface area contributed by atoms with Crippen molar-refractivity contribution < 1.29 is 36.9 Å². The van der Waals surface area contributed by atoms with Gasteiger partial charge < -0.3 is 15.2 Å². The van der Waals surface area contributed by atoms with E-state index in [1.807, 2.05) is 0 Å². The second kappa shape index (κ2) is 9.55. The van der Waals surface area contributed by atoms with E-state index in [-0.39, 0.29) is 42.5 Å². The summed E-state index contributed by atoms with van der Waals surface area (Å²) < 4.78 is 61.5. The Kier molecular flexibility index (Phi) is 6.88. The summed E-state index contributed by atoms with van der Waals surface area (Å²) in [5.41, 5.74) is 1.68. The van der Waals surface area contributed by atoms with Crippen molar-refractivity contribution in [2.24, 2.45) is 0 Å². The summed E-state index contributed by atoms with van der Waals surface area (Å²) in [7, 11) is 0. The van der Waals surface area contributed by atoms with Crippen molar-refractivity contribution in [3.05, 3.63) is 53.1 Å². The molecule has 1 aliphatic carbocycles. The topological polar surface area (TPSA) is 85.6 Å². The maximum absolute atomic E-state index is 13.7. The molecule has 4 rings (SSSR count). The van der Waals surface area contributed by atoms with Crippen molar-refractivity contribution in [1.82, 2.24) is 15.1 Å². The number of ether oxygens (including phenoxy) is 2. The van der Waals surface area contributed by atoms with Gasteiger partial charge in [0.2, 0.25) is 0 Å². The fraction of sp³-hybridized carbons (Fsp3) is 0.455. The number of aliphatic hydroxyl groups excluding tert-OH is 1. The van der Waals surface area contributed by atoms with Crippen molar-refractivity contribution in [3.63, 3.8) is 0 Å².